The number of benzene rings is 1. The van der Waals surface area contributed by atoms with Crippen LogP contribution in [0.3, 0.4) is 0 Å². The molecule has 0 spiro atoms. The maximum atomic E-state index is 12.4. The van der Waals surface area contributed by atoms with Crippen molar-refractivity contribution >= 4 is 28.1 Å². The molecule has 1 fully saturated rings. The first kappa shape index (κ1) is 15.8. The van der Waals surface area contributed by atoms with Gasteiger partial charge in [0.1, 0.15) is 5.00 Å². The molecular formula is C17H22N4OS. The zero-order valence-corrected chi connectivity index (χ0v) is 14.3. The van der Waals surface area contributed by atoms with Gasteiger partial charge >= 0.3 is 0 Å². The van der Waals surface area contributed by atoms with E-state index in [0.29, 0.717) is 18.0 Å². The van der Waals surface area contributed by atoms with Crippen molar-refractivity contribution in [3.63, 3.8) is 0 Å². The van der Waals surface area contributed by atoms with Gasteiger partial charge in [-0.2, -0.15) is 4.37 Å². The van der Waals surface area contributed by atoms with E-state index in [1.807, 2.05) is 20.0 Å². The number of aromatic nitrogens is 1. The van der Waals surface area contributed by atoms with Crippen molar-refractivity contribution in [1.29, 1.82) is 0 Å². The number of carbonyl (C=O) groups excluding carboxylic acids is 1. The number of carbonyl (C=O) groups is 1. The summed E-state index contributed by atoms with van der Waals surface area (Å²) in [7, 11) is 1.82. The van der Waals surface area contributed by atoms with E-state index in [4.69, 9.17) is 0 Å². The predicted octanol–water partition coefficient (Wildman–Crippen LogP) is 2.75. The van der Waals surface area contributed by atoms with Gasteiger partial charge in [0, 0.05) is 32.4 Å². The van der Waals surface area contributed by atoms with E-state index < -0.39 is 0 Å². The topological polar surface area (TPSA) is 57.3 Å². The van der Waals surface area contributed by atoms with Gasteiger partial charge < -0.3 is 15.5 Å². The molecule has 6 heteroatoms. The van der Waals surface area contributed by atoms with E-state index in [-0.39, 0.29) is 5.91 Å². The summed E-state index contributed by atoms with van der Waals surface area (Å²) in [6, 6.07) is 10.4. The van der Waals surface area contributed by atoms with Gasteiger partial charge in [-0.3, -0.25) is 4.79 Å². The largest absolute Gasteiger partial charge is 0.378 e. The highest BCUT2D eigenvalue weighted by atomic mass is 32.1. The quantitative estimate of drug-likeness (QED) is 0.885. The average molecular weight is 330 g/mol. The Labute approximate surface area is 140 Å². The first-order valence-electron chi connectivity index (χ1n) is 7.91. The van der Waals surface area contributed by atoms with E-state index in [0.717, 1.165) is 30.2 Å². The van der Waals surface area contributed by atoms with Crippen LogP contribution in [0.1, 0.15) is 22.5 Å². The Morgan fingerprint density at radius 2 is 2.17 bits per heavy atom. The molecule has 1 aliphatic rings. The standard InChI is InChI=1S/C17H22N4OS/c1-12-15(17(18-2)23-20-12)16(22)19-10-13-8-9-21(11-13)14-6-4-3-5-7-14/h3-7,13,18H,8-11H2,1-2H3,(H,19,22)/t13-/m1/s1. The Balaban J connectivity index is 1.55. The van der Waals surface area contributed by atoms with Crippen molar-refractivity contribution in [3.05, 3.63) is 41.6 Å². The van der Waals surface area contributed by atoms with Gasteiger partial charge in [-0.1, -0.05) is 18.2 Å². The van der Waals surface area contributed by atoms with Gasteiger partial charge in [-0.15, -0.1) is 0 Å². The number of hydrogen-bond donors (Lipinski definition) is 2. The van der Waals surface area contributed by atoms with Gasteiger partial charge in [0.25, 0.3) is 5.91 Å². The SMILES string of the molecule is CNc1snc(C)c1C(=O)NC[C@H]1CCN(c2ccccc2)C1. The zero-order chi connectivity index (χ0) is 16.2. The lowest BCUT2D eigenvalue weighted by molar-refractivity contribution is 0.0948. The third-order valence-electron chi connectivity index (χ3n) is 4.28. The lowest BCUT2D eigenvalue weighted by Gasteiger charge is -2.18. The number of anilines is 2. The molecule has 0 unspecified atom stereocenters. The molecule has 2 aromatic rings. The number of hydrogen-bond acceptors (Lipinski definition) is 5. The molecule has 2 heterocycles. The molecule has 122 valence electrons. The van der Waals surface area contributed by atoms with Gasteiger partial charge in [-0.25, -0.2) is 0 Å². The number of nitrogens with zero attached hydrogens (tertiary/aromatic N) is 2. The Hall–Kier alpha value is -2.08. The molecule has 0 saturated carbocycles. The minimum Gasteiger partial charge on any atom is -0.378 e. The number of aryl methyl sites for hydroxylation is 1. The third-order valence-corrected chi connectivity index (χ3v) is 5.23. The number of para-hydroxylation sites is 1. The van der Waals surface area contributed by atoms with Crippen molar-refractivity contribution < 1.29 is 4.79 Å². The van der Waals surface area contributed by atoms with Crippen LogP contribution in [0.15, 0.2) is 30.3 Å². The van der Waals surface area contributed by atoms with Crippen LogP contribution in [-0.2, 0) is 0 Å². The van der Waals surface area contributed by atoms with Crippen molar-refractivity contribution in [1.82, 2.24) is 9.69 Å². The first-order chi connectivity index (χ1) is 11.2. The molecule has 23 heavy (non-hydrogen) atoms. The van der Waals surface area contributed by atoms with Crippen molar-refractivity contribution in [2.45, 2.75) is 13.3 Å². The summed E-state index contributed by atoms with van der Waals surface area (Å²) in [5.41, 5.74) is 2.72. The molecule has 1 aromatic carbocycles. The predicted molar refractivity (Wildman–Crippen MR) is 95.5 cm³/mol. The molecule has 1 amide bonds. The Kier molecular flexibility index (Phi) is 4.81. The maximum Gasteiger partial charge on any atom is 0.256 e. The molecule has 3 rings (SSSR count). The van der Waals surface area contributed by atoms with Gasteiger partial charge in [0.2, 0.25) is 0 Å². The van der Waals surface area contributed by atoms with E-state index in [1.165, 1.54) is 17.2 Å². The molecule has 0 radical (unpaired) electrons. The minimum atomic E-state index is -0.0289. The lowest BCUT2D eigenvalue weighted by atomic mass is 10.1. The second kappa shape index (κ2) is 7.00. The van der Waals surface area contributed by atoms with Gasteiger partial charge in [0.05, 0.1) is 11.3 Å². The Morgan fingerprint density at radius 3 is 2.91 bits per heavy atom. The normalized spacial score (nSPS) is 17.3. The summed E-state index contributed by atoms with van der Waals surface area (Å²) in [5.74, 6) is 0.461. The maximum absolute atomic E-state index is 12.4. The summed E-state index contributed by atoms with van der Waals surface area (Å²) in [6.07, 6.45) is 1.11. The fraction of sp³-hybridized carbons (Fsp3) is 0.412. The van der Waals surface area contributed by atoms with Crippen molar-refractivity contribution in [2.75, 3.05) is 36.9 Å². The number of amides is 1. The van der Waals surface area contributed by atoms with Crippen LogP contribution in [0.4, 0.5) is 10.7 Å². The van der Waals surface area contributed by atoms with Crippen molar-refractivity contribution in [2.24, 2.45) is 5.92 Å². The van der Waals surface area contributed by atoms with Gasteiger partial charge in [-0.05, 0) is 42.9 Å². The van der Waals surface area contributed by atoms with E-state index >= 15 is 0 Å². The molecular weight excluding hydrogens is 308 g/mol. The van der Waals surface area contributed by atoms with E-state index in [1.54, 1.807) is 0 Å². The molecule has 1 atom stereocenters. The molecule has 1 aromatic heterocycles. The van der Waals surface area contributed by atoms with Gasteiger partial charge in [0.15, 0.2) is 0 Å². The fourth-order valence-corrected chi connectivity index (χ4v) is 3.75. The Bertz CT molecular complexity index is 670. The smallest absolute Gasteiger partial charge is 0.256 e. The molecule has 1 aliphatic heterocycles. The summed E-state index contributed by atoms with van der Waals surface area (Å²) in [6.45, 7) is 4.62. The molecule has 0 bridgehead atoms. The average Bonchev–Trinajstić information content (AvgIpc) is 3.20. The first-order valence-corrected chi connectivity index (χ1v) is 8.68. The van der Waals surface area contributed by atoms with E-state index in [9.17, 15) is 4.79 Å². The fourth-order valence-electron chi connectivity index (χ4n) is 3.01. The van der Waals surface area contributed by atoms with Crippen LogP contribution in [0.2, 0.25) is 0 Å². The number of rotatable bonds is 5. The summed E-state index contributed by atoms with van der Waals surface area (Å²) >= 11 is 1.33. The second-order valence-electron chi connectivity index (χ2n) is 5.87. The van der Waals surface area contributed by atoms with Crippen LogP contribution in [-0.4, -0.2) is 37.0 Å². The third kappa shape index (κ3) is 3.47. The summed E-state index contributed by atoms with van der Waals surface area (Å²) in [4.78, 5) is 14.8. The highest BCUT2D eigenvalue weighted by Gasteiger charge is 2.24. The zero-order valence-electron chi connectivity index (χ0n) is 13.5. The van der Waals surface area contributed by atoms with Crippen LogP contribution in [0.5, 0.6) is 0 Å². The van der Waals surface area contributed by atoms with Crippen LogP contribution >= 0.6 is 11.5 Å². The monoisotopic (exact) mass is 330 g/mol. The lowest BCUT2D eigenvalue weighted by Crippen LogP contribution is -2.31. The van der Waals surface area contributed by atoms with E-state index in [2.05, 4.69) is 44.2 Å². The number of nitrogens with one attached hydrogen (secondary N) is 2. The van der Waals surface area contributed by atoms with Crippen molar-refractivity contribution in [3.8, 4) is 0 Å². The second-order valence-corrected chi connectivity index (χ2v) is 6.64. The summed E-state index contributed by atoms with van der Waals surface area (Å²) < 4.78 is 4.25. The van der Waals surface area contributed by atoms with Crippen LogP contribution < -0.4 is 15.5 Å². The molecule has 0 aliphatic carbocycles. The highest BCUT2D eigenvalue weighted by Crippen LogP contribution is 2.25. The molecule has 5 nitrogen and oxygen atoms in total. The highest BCUT2D eigenvalue weighted by molar-refractivity contribution is 7.10. The molecule has 2 N–H and O–H groups in total. The minimum absolute atomic E-state index is 0.0289. The molecule has 1 saturated heterocycles. The van der Waals surface area contributed by atoms with Crippen LogP contribution in [0.25, 0.3) is 0 Å². The van der Waals surface area contributed by atoms with Crippen LogP contribution in [0, 0.1) is 12.8 Å². The summed E-state index contributed by atoms with van der Waals surface area (Å²) in [5, 5.41) is 6.95. The Morgan fingerprint density at radius 1 is 1.39 bits per heavy atom.